The molecule has 0 aliphatic carbocycles. The minimum atomic E-state index is -4.93. The smallest absolute Gasteiger partial charge is 0.377 e. The van der Waals surface area contributed by atoms with Crippen molar-refractivity contribution in [3.05, 3.63) is 85.5 Å². The number of halogens is 11. The maximum Gasteiger partial charge on any atom is 0.408 e. The van der Waals surface area contributed by atoms with Crippen LogP contribution in [0, 0.1) is 0 Å². The van der Waals surface area contributed by atoms with Crippen molar-refractivity contribution in [1.29, 1.82) is 0 Å². The summed E-state index contributed by atoms with van der Waals surface area (Å²) in [5.74, 6) is -4.58. The lowest BCUT2D eigenvalue weighted by Crippen LogP contribution is -2.41. The summed E-state index contributed by atoms with van der Waals surface area (Å²) in [6.45, 7) is 3.87. The highest BCUT2D eigenvalue weighted by molar-refractivity contribution is 6.48. The third kappa shape index (κ3) is 8.43. The number of nitrogens with one attached hydrogen (secondary N) is 2. The molecule has 1 amide bonds. The van der Waals surface area contributed by atoms with Crippen LogP contribution in [-0.4, -0.2) is 30.8 Å². The normalized spacial score (nSPS) is 14.2. The van der Waals surface area contributed by atoms with Crippen LogP contribution < -0.4 is 10.6 Å². The Hall–Kier alpha value is -2.14. The second-order valence-corrected chi connectivity index (χ2v) is 9.32. The van der Waals surface area contributed by atoms with E-state index in [1.54, 1.807) is 0 Å². The maximum absolute atomic E-state index is 14.9. The summed E-state index contributed by atoms with van der Waals surface area (Å²) in [5.41, 5.74) is -1.16. The maximum atomic E-state index is 14.9. The van der Waals surface area contributed by atoms with Gasteiger partial charge in [0.05, 0.1) is 32.2 Å². The minimum absolute atomic E-state index is 0.138. The second-order valence-electron chi connectivity index (χ2n) is 7.72. The molecule has 0 bridgehead atoms. The molecule has 0 aromatic heterocycles. The lowest BCUT2D eigenvalue weighted by molar-refractivity contribution is -0.149. The predicted octanol–water partition coefficient (Wildman–Crippen LogP) is 8.74. The number of benzene rings is 2. The molecule has 0 saturated carbocycles. The fourth-order valence-corrected chi connectivity index (χ4v) is 3.83. The molecule has 2 atom stereocenters. The molecule has 2 rings (SSSR count). The minimum Gasteiger partial charge on any atom is -0.377 e. The Morgan fingerprint density at radius 1 is 0.973 bits per heavy atom. The van der Waals surface area contributed by atoms with E-state index in [4.69, 9.17) is 46.4 Å². The van der Waals surface area contributed by atoms with Crippen LogP contribution >= 0.6 is 46.4 Å². The first-order valence-electron chi connectivity index (χ1n) is 10.1. The third-order valence-corrected chi connectivity index (χ3v) is 6.40. The van der Waals surface area contributed by atoms with Gasteiger partial charge in [0.25, 0.3) is 5.91 Å². The Balaban J connectivity index is 2.23. The Morgan fingerprint density at radius 2 is 1.54 bits per heavy atom. The summed E-state index contributed by atoms with van der Waals surface area (Å²) >= 11 is 23.4. The van der Waals surface area contributed by atoms with Crippen molar-refractivity contribution in [2.24, 2.45) is 0 Å². The van der Waals surface area contributed by atoms with Gasteiger partial charge in [0.2, 0.25) is 0 Å². The summed E-state index contributed by atoms with van der Waals surface area (Å²) in [4.78, 5) is 12.3. The fraction of sp³-hybridized carbons (Fsp3) is 0.261. The van der Waals surface area contributed by atoms with Crippen LogP contribution in [0.4, 0.5) is 30.7 Å². The van der Waals surface area contributed by atoms with Gasteiger partial charge in [0.1, 0.15) is 17.8 Å². The van der Waals surface area contributed by atoms with Gasteiger partial charge >= 0.3 is 12.4 Å². The van der Waals surface area contributed by atoms with Crippen LogP contribution in [0.1, 0.15) is 34.3 Å². The molecule has 2 aromatic carbocycles. The molecule has 2 N–H and O–H groups in total. The van der Waals surface area contributed by atoms with Crippen LogP contribution in [0.3, 0.4) is 0 Å². The number of alkyl halides is 6. The molecule has 0 spiro atoms. The van der Waals surface area contributed by atoms with Crippen molar-refractivity contribution in [1.82, 2.24) is 10.6 Å². The number of carbonyl (C=O) groups is 1. The van der Waals surface area contributed by atoms with Gasteiger partial charge in [0, 0.05) is 11.3 Å². The molecule has 37 heavy (non-hydrogen) atoms. The van der Waals surface area contributed by atoms with E-state index in [2.05, 4.69) is 17.2 Å². The van der Waals surface area contributed by atoms with Gasteiger partial charge in [0.15, 0.2) is 0 Å². The first-order valence-corrected chi connectivity index (χ1v) is 11.6. The first-order chi connectivity index (χ1) is 16.9. The number of allylic oxidation sites excluding steroid dienone is 1. The molecule has 14 heteroatoms. The molecule has 202 valence electrons. The number of rotatable bonds is 8. The summed E-state index contributed by atoms with van der Waals surface area (Å²) in [6, 6.07) is 2.91. The largest absolute Gasteiger partial charge is 0.408 e. The molecule has 0 radical (unpaired) electrons. The highest BCUT2D eigenvalue weighted by atomic mass is 35.5. The summed E-state index contributed by atoms with van der Waals surface area (Å²) < 4.78 is 93.8. The molecular formula is C23H17Cl4F7N2O. The van der Waals surface area contributed by atoms with Crippen molar-refractivity contribution in [3.63, 3.8) is 0 Å². The summed E-state index contributed by atoms with van der Waals surface area (Å²) in [6.07, 6.45) is -9.17. The van der Waals surface area contributed by atoms with Gasteiger partial charge < -0.3 is 10.6 Å². The van der Waals surface area contributed by atoms with Gasteiger partial charge in [-0.3, -0.25) is 4.79 Å². The molecule has 3 nitrogen and oxygen atoms in total. The molecule has 0 fully saturated rings. The Morgan fingerprint density at radius 3 is 2.03 bits per heavy atom. The standard InChI is InChI=1S/C23H17Cl4F7N2O/c1-10(36-11(2)22(29,30)31)9-35-21(37)14-4-3-12(5-16(14)24)19(28)8-15(23(32,33)34)13-6-17(25)20(27)18(26)7-13/h3-8,11,15,36H,1,9H2,2H3,(H,35,37)/b19-8-. The molecule has 2 aromatic rings. The fourth-order valence-electron chi connectivity index (χ4n) is 2.95. The second kappa shape index (κ2) is 12.1. The summed E-state index contributed by atoms with van der Waals surface area (Å²) in [5, 5.41) is 3.38. The van der Waals surface area contributed by atoms with Gasteiger partial charge in [-0.1, -0.05) is 59.0 Å². The summed E-state index contributed by atoms with van der Waals surface area (Å²) in [7, 11) is 0. The van der Waals surface area contributed by atoms with Crippen LogP contribution in [0.5, 0.6) is 0 Å². The van der Waals surface area contributed by atoms with Crippen molar-refractivity contribution in [3.8, 4) is 0 Å². The zero-order valence-corrected chi connectivity index (χ0v) is 21.6. The van der Waals surface area contributed by atoms with E-state index >= 15 is 0 Å². The van der Waals surface area contributed by atoms with Crippen LogP contribution in [0.25, 0.3) is 5.83 Å². The van der Waals surface area contributed by atoms with Crippen LogP contribution in [0.2, 0.25) is 20.1 Å². The predicted molar refractivity (Wildman–Crippen MR) is 131 cm³/mol. The van der Waals surface area contributed by atoms with E-state index in [-0.39, 0.29) is 43.5 Å². The zero-order valence-electron chi connectivity index (χ0n) is 18.6. The molecule has 0 aliphatic heterocycles. The zero-order chi connectivity index (χ0) is 28.3. The average molecular weight is 612 g/mol. The number of hydrogen-bond donors (Lipinski definition) is 2. The Kier molecular flexibility index (Phi) is 10.2. The Bertz CT molecular complexity index is 1190. The first kappa shape index (κ1) is 31.1. The van der Waals surface area contributed by atoms with Gasteiger partial charge in [-0.2, -0.15) is 26.3 Å². The third-order valence-electron chi connectivity index (χ3n) is 4.89. The Labute approximate surface area is 227 Å². The highest BCUT2D eigenvalue weighted by Gasteiger charge is 2.40. The van der Waals surface area contributed by atoms with E-state index in [0.29, 0.717) is 6.08 Å². The van der Waals surface area contributed by atoms with E-state index < -0.39 is 41.6 Å². The van der Waals surface area contributed by atoms with Crippen molar-refractivity contribution < 1.29 is 35.5 Å². The molecule has 0 heterocycles. The van der Waals surface area contributed by atoms with E-state index in [9.17, 15) is 35.5 Å². The van der Waals surface area contributed by atoms with E-state index in [1.165, 1.54) is 0 Å². The van der Waals surface area contributed by atoms with Crippen molar-refractivity contribution in [2.75, 3.05) is 6.54 Å². The molecule has 0 saturated heterocycles. The van der Waals surface area contributed by atoms with Gasteiger partial charge in [-0.15, -0.1) is 0 Å². The molecule has 0 aliphatic rings. The van der Waals surface area contributed by atoms with Gasteiger partial charge in [-0.25, -0.2) is 4.39 Å². The number of hydrogen-bond acceptors (Lipinski definition) is 2. The lowest BCUT2D eigenvalue weighted by atomic mass is 9.96. The molecule has 2 unspecified atom stereocenters. The quantitative estimate of drug-likeness (QED) is 0.231. The van der Waals surface area contributed by atoms with Crippen molar-refractivity contribution in [2.45, 2.75) is 31.2 Å². The van der Waals surface area contributed by atoms with E-state index in [1.807, 2.05) is 0 Å². The molecular weight excluding hydrogens is 595 g/mol. The van der Waals surface area contributed by atoms with Crippen molar-refractivity contribution >= 4 is 58.1 Å². The van der Waals surface area contributed by atoms with Gasteiger partial charge in [-0.05, 0) is 42.8 Å². The monoisotopic (exact) mass is 610 g/mol. The highest BCUT2D eigenvalue weighted by Crippen LogP contribution is 2.42. The number of amides is 1. The lowest BCUT2D eigenvalue weighted by Gasteiger charge is -2.20. The topological polar surface area (TPSA) is 41.1 Å². The van der Waals surface area contributed by atoms with Crippen LogP contribution in [-0.2, 0) is 0 Å². The van der Waals surface area contributed by atoms with E-state index in [0.717, 1.165) is 37.3 Å². The SMILES string of the molecule is C=C(CNC(=O)c1ccc(/C(F)=C/C(c2cc(Cl)c(Cl)c(Cl)c2)C(F)(F)F)cc1Cl)NC(C)C(F)(F)F. The number of carbonyl (C=O) groups excluding carboxylic acids is 1. The van der Waals surface area contributed by atoms with Crippen LogP contribution in [0.15, 0.2) is 48.7 Å². The average Bonchev–Trinajstić information content (AvgIpc) is 2.77.